The Morgan fingerprint density at radius 1 is 1.30 bits per heavy atom. The van der Waals surface area contributed by atoms with Crippen LogP contribution in [0.25, 0.3) is 0 Å². The molecule has 3 rings (SSSR count). The molecule has 146 valence electrons. The summed E-state index contributed by atoms with van der Waals surface area (Å²) in [5.41, 5.74) is 2.27. The smallest absolute Gasteiger partial charge is 0.269 e. The number of nitrogens with one attached hydrogen (secondary N) is 1. The largest absolute Gasteiger partial charge is 0.370 e. The Morgan fingerprint density at radius 2 is 2.07 bits per heavy atom. The molecular formula is C19H28N6O2. The van der Waals surface area contributed by atoms with Gasteiger partial charge in [-0.15, -0.1) is 0 Å². The first-order valence-electron chi connectivity index (χ1n) is 9.43. The SMILES string of the molecule is CC(C)Cc1cc(C(=O)NC[C@H]2CCN(c3cnn(C)c(=O)c3)C2)n(C)n1. The number of hydrogen-bond donors (Lipinski definition) is 1. The molecule has 0 bridgehead atoms. The molecule has 0 radical (unpaired) electrons. The van der Waals surface area contributed by atoms with Gasteiger partial charge in [-0.1, -0.05) is 13.8 Å². The third-order valence-corrected chi connectivity index (χ3v) is 4.94. The number of carbonyl (C=O) groups excluding carboxylic acids is 1. The van der Waals surface area contributed by atoms with Gasteiger partial charge >= 0.3 is 0 Å². The van der Waals surface area contributed by atoms with Crippen LogP contribution in [0.2, 0.25) is 0 Å². The monoisotopic (exact) mass is 372 g/mol. The van der Waals surface area contributed by atoms with E-state index in [0.29, 0.717) is 24.1 Å². The molecule has 2 aromatic rings. The van der Waals surface area contributed by atoms with Crippen LogP contribution < -0.4 is 15.8 Å². The zero-order chi connectivity index (χ0) is 19.6. The maximum Gasteiger partial charge on any atom is 0.269 e. The number of amides is 1. The first kappa shape index (κ1) is 19.1. The molecule has 0 unspecified atom stereocenters. The second kappa shape index (κ2) is 7.94. The summed E-state index contributed by atoms with van der Waals surface area (Å²) in [6.07, 6.45) is 3.55. The van der Waals surface area contributed by atoms with Crippen LogP contribution in [0.3, 0.4) is 0 Å². The van der Waals surface area contributed by atoms with E-state index in [2.05, 4.69) is 34.3 Å². The fraction of sp³-hybridized carbons (Fsp3) is 0.579. The Morgan fingerprint density at radius 3 is 2.78 bits per heavy atom. The highest BCUT2D eigenvalue weighted by atomic mass is 16.2. The number of rotatable bonds is 6. The molecule has 0 saturated carbocycles. The van der Waals surface area contributed by atoms with E-state index in [-0.39, 0.29) is 11.5 Å². The highest BCUT2D eigenvalue weighted by Gasteiger charge is 2.24. The molecule has 2 aromatic heterocycles. The molecule has 1 amide bonds. The molecule has 1 saturated heterocycles. The van der Waals surface area contributed by atoms with E-state index in [1.807, 2.05) is 6.07 Å². The number of carbonyl (C=O) groups is 1. The molecule has 0 aromatic carbocycles. The second-order valence-corrected chi connectivity index (χ2v) is 7.73. The highest BCUT2D eigenvalue weighted by Crippen LogP contribution is 2.21. The first-order valence-corrected chi connectivity index (χ1v) is 9.43. The summed E-state index contributed by atoms with van der Waals surface area (Å²) in [4.78, 5) is 26.4. The first-order chi connectivity index (χ1) is 12.8. The molecule has 0 spiro atoms. The Labute approximate surface area is 159 Å². The van der Waals surface area contributed by atoms with Gasteiger partial charge in [-0.05, 0) is 30.7 Å². The average molecular weight is 372 g/mol. The molecule has 1 N–H and O–H groups in total. The zero-order valence-electron chi connectivity index (χ0n) is 16.5. The van der Waals surface area contributed by atoms with E-state index in [9.17, 15) is 9.59 Å². The van der Waals surface area contributed by atoms with Crippen molar-refractivity contribution in [2.45, 2.75) is 26.7 Å². The van der Waals surface area contributed by atoms with E-state index in [1.165, 1.54) is 4.68 Å². The standard InChI is InChI=1S/C19H28N6O2/c1-13(2)7-15-8-17(23(3)22-15)19(27)20-10-14-5-6-25(12-14)16-9-18(26)24(4)21-11-16/h8-9,11,13-14H,5-7,10,12H2,1-4H3,(H,20,27)/t14-/m1/s1. The maximum atomic E-state index is 12.5. The van der Waals surface area contributed by atoms with Crippen molar-refractivity contribution in [1.29, 1.82) is 0 Å². The van der Waals surface area contributed by atoms with Crippen molar-refractivity contribution in [3.8, 4) is 0 Å². The second-order valence-electron chi connectivity index (χ2n) is 7.73. The summed E-state index contributed by atoms with van der Waals surface area (Å²) in [6.45, 7) is 6.55. The van der Waals surface area contributed by atoms with Gasteiger partial charge < -0.3 is 10.2 Å². The van der Waals surface area contributed by atoms with Crippen LogP contribution in [-0.4, -0.2) is 45.1 Å². The van der Waals surface area contributed by atoms with Crippen LogP contribution in [0.4, 0.5) is 5.69 Å². The Kier molecular flexibility index (Phi) is 5.62. The fourth-order valence-corrected chi connectivity index (χ4v) is 3.45. The van der Waals surface area contributed by atoms with Gasteiger partial charge in [0, 0.05) is 39.8 Å². The van der Waals surface area contributed by atoms with Crippen molar-refractivity contribution in [2.75, 3.05) is 24.5 Å². The molecule has 8 nitrogen and oxygen atoms in total. The average Bonchev–Trinajstić information content (AvgIpc) is 3.21. The minimum Gasteiger partial charge on any atom is -0.370 e. The third kappa shape index (κ3) is 4.56. The highest BCUT2D eigenvalue weighted by molar-refractivity contribution is 5.92. The van der Waals surface area contributed by atoms with Gasteiger partial charge in [0.1, 0.15) is 5.69 Å². The summed E-state index contributed by atoms with van der Waals surface area (Å²) >= 11 is 0. The van der Waals surface area contributed by atoms with Crippen molar-refractivity contribution in [3.63, 3.8) is 0 Å². The van der Waals surface area contributed by atoms with Gasteiger partial charge in [0.2, 0.25) is 0 Å². The van der Waals surface area contributed by atoms with Gasteiger partial charge in [-0.25, -0.2) is 4.68 Å². The van der Waals surface area contributed by atoms with Crippen molar-refractivity contribution in [1.82, 2.24) is 24.9 Å². The van der Waals surface area contributed by atoms with Gasteiger partial charge in [-0.3, -0.25) is 14.3 Å². The van der Waals surface area contributed by atoms with Crippen molar-refractivity contribution in [3.05, 3.63) is 40.1 Å². The van der Waals surface area contributed by atoms with Crippen molar-refractivity contribution >= 4 is 11.6 Å². The lowest BCUT2D eigenvalue weighted by Gasteiger charge is -2.18. The summed E-state index contributed by atoms with van der Waals surface area (Å²) in [7, 11) is 3.44. The molecule has 3 heterocycles. The topological polar surface area (TPSA) is 85.0 Å². The molecule has 1 aliphatic rings. The predicted octanol–water partition coefficient (Wildman–Crippen LogP) is 0.969. The van der Waals surface area contributed by atoms with Crippen LogP contribution in [-0.2, 0) is 20.5 Å². The Balaban J connectivity index is 1.55. The Bertz CT molecular complexity index is 869. The summed E-state index contributed by atoms with van der Waals surface area (Å²) < 4.78 is 2.97. The number of aryl methyl sites for hydroxylation is 2. The van der Waals surface area contributed by atoms with E-state index < -0.39 is 0 Å². The maximum absolute atomic E-state index is 12.5. The van der Waals surface area contributed by atoms with Crippen LogP contribution in [0.1, 0.15) is 36.5 Å². The molecule has 27 heavy (non-hydrogen) atoms. The van der Waals surface area contributed by atoms with Gasteiger partial charge in [0.15, 0.2) is 0 Å². The summed E-state index contributed by atoms with van der Waals surface area (Å²) in [6, 6.07) is 3.49. The molecule has 1 fully saturated rings. The third-order valence-electron chi connectivity index (χ3n) is 4.94. The van der Waals surface area contributed by atoms with E-state index in [4.69, 9.17) is 0 Å². The molecule has 8 heteroatoms. The fourth-order valence-electron chi connectivity index (χ4n) is 3.45. The van der Waals surface area contributed by atoms with E-state index >= 15 is 0 Å². The van der Waals surface area contributed by atoms with Gasteiger partial charge in [0.05, 0.1) is 17.6 Å². The summed E-state index contributed by atoms with van der Waals surface area (Å²) in [5, 5.41) is 11.5. The minimum absolute atomic E-state index is 0.0892. The molecule has 1 atom stereocenters. The van der Waals surface area contributed by atoms with Crippen molar-refractivity contribution < 1.29 is 4.79 Å². The molecule has 1 aliphatic heterocycles. The number of nitrogens with zero attached hydrogens (tertiary/aromatic N) is 5. The quantitative estimate of drug-likeness (QED) is 0.817. The van der Waals surface area contributed by atoms with Crippen LogP contribution in [0.15, 0.2) is 23.1 Å². The lowest BCUT2D eigenvalue weighted by atomic mass is 10.1. The van der Waals surface area contributed by atoms with E-state index in [0.717, 1.165) is 37.3 Å². The van der Waals surface area contributed by atoms with Crippen LogP contribution in [0.5, 0.6) is 0 Å². The van der Waals surface area contributed by atoms with Gasteiger partial charge in [-0.2, -0.15) is 10.2 Å². The van der Waals surface area contributed by atoms with E-state index in [1.54, 1.807) is 31.0 Å². The number of anilines is 1. The lowest BCUT2D eigenvalue weighted by molar-refractivity contribution is 0.0939. The van der Waals surface area contributed by atoms with Crippen LogP contribution in [0, 0.1) is 11.8 Å². The van der Waals surface area contributed by atoms with Crippen molar-refractivity contribution in [2.24, 2.45) is 25.9 Å². The summed E-state index contributed by atoms with van der Waals surface area (Å²) in [5.74, 6) is 0.764. The number of aromatic nitrogens is 4. The lowest BCUT2D eigenvalue weighted by Crippen LogP contribution is -2.32. The zero-order valence-corrected chi connectivity index (χ0v) is 16.5. The van der Waals surface area contributed by atoms with Gasteiger partial charge in [0.25, 0.3) is 11.5 Å². The minimum atomic E-state index is -0.113. The molecule has 0 aliphatic carbocycles. The predicted molar refractivity (Wildman–Crippen MR) is 104 cm³/mol. The normalized spacial score (nSPS) is 16.9. The van der Waals surface area contributed by atoms with Crippen LogP contribution >= 0.6 is 0 Å². The molecular weight excluding hydrogens is 344 g/mol. The number of hydrogen-bond acceptors (Lipinski definition) is 5. The Hall–Kier alpha value is -2.64.